The molecule has 36 heavy (non-hydrogen) atoms. The molecular weight excluding hydrogens is 454 g/mol. The Morgan fingerprint density at radius 2 is 1.14 bits per heavy atom. The summed E-state index contributed by atoms with van der Waals surface area (Å²) < 4.78 is 2.16. The van der Waals surface area contributed by atoms with Crippen molar-refractivity contribution in [3.63, 3.8) is 0 Å². The van der Waals surface area contributed by atoms with Crippen LogP contribution < -0.4 is 10.9 Å². The van der Waals surface area contributed by atoms with Crippen LogP contribution in [0.5, 0.6) is 0 Å². The average Bonchev–Trinajstić information content (AvgIpc) is 3.13. The van der Waals surface area contributed by atoms with Gasteiger partial charge in [-0.25, -0.2) is 10.9 Å². The first-order valence-corrected chi connectivity index (χ1v) is 12.1. The molecule has 1 aromatic heterocycles. The maximum Gasteiger partial charge on any atom is 0.241 e. The van der Waals surface area contributed by atoms with Gasteiger partial charge in [0.2, 0.25) is 11.8 Å². The summed E-state index contributed by atoms with van der Waals surface area (Å²) in [5.41, 5.74) is 10.9. The van der Waals surface area contributed by atoms with E-state index in [4.69, 9.17) is 0 Å². The quantitative estimate of drug-likeness (QED) is 0.337. The fourth-order valence-corrected chi connectivity index (χ4v) is 3.85. The summed E-state index contributed by atoms with van der Waals surface area (Å²) in [6, 6.07) is 12.4. The predicted molar refractivity (Wildman–Crippen MR) is 147 cm³/mol. The van der Waals surface area contributed by atoms with E-state index in [2.05, 4.69) is 49.9 Å². The highest BCUT2D eigenvalue weighted by molar-refractivity contribution is 6.13. The molecule has 192 valence electrons. The molecule has 2 aromatic carbocycles. The van der Waals surface area contributed by atoms with Crippen LogP contribution in [0.3, 0.4) is 0 Å². The summed E-state index contributed by atoms with van der Waals surface area (Å²) in [5, 5.41) is 10.8. The molecule has 0 fully saturated rings. The standard InChI is InChI=1S/C27H37N7O2/c1-18(28-30-26(35)12-14-32(3)4)20-8-10-24-22(16-20)23-17-21(9-11-25(23)34(24)7)19(2)29-31-27(36)13-15-33(5)6/h8-11,16-17H,12-15H2,1-7H3,(H,30,35)(H,31,36). The first kappa shape index (κ1) is 27.0. The molecule has 9 heteroatoms. The molecule has 0 radical (unpaired) electrons. The highest BCUT2D eigenvalue weighted by Gasteiger charge is 2.12. The van der Waals surface area contributed by atoms with E-state index in [9.17, 15) is 9.59 Å². The number of rotatable bonds is 10. The van der Waals surface area contributed by atoms with Gasteiger partial charge in [-0.15, -0.1) is 0 Å². The number of amides is 2. The van der Waals surface area contributed by atoms with Crippen molar-refractivity contribution in [3.8, 4) is 0 Å². The minimum absolute atomic E-state index is 0.109. The summed E-state index contributed by atoms with van der Waals surface area (Å²) in [6.45, 7) is 5.12. The molecule has 0 atom stereocenters. The zero-order valence-corrected chi connectivity index (χ0v) is 22.3. The first-order chi connectivity index (χ1) is 17.1. The molecule has 3 rings (SSSR count). The van der Waals surface area contributed by atoms with E-state index in [1.807, 2.05) is 71.0 Å². The normalized spacial score (nSPS) is 12.7. The minimum atomic E-state index is -0.109. The number of nitrogens with one attached hydrogen (secondary N) is 2. The van der Waals surface area contributed by atoms with E-state index < -0.39 is 0 Å². The number of benzene rings is 2. The van der Waals surface area contributed by atoms with Crippen molar-refractivity contribution in [2.75, 3.05) is 41.3 Å². The maximum atomic E-state index is 12.0. The summed E-state index contributed by atoms with van der Waals surface area (Å²) in [7, 11) is 9.78. The summed E-state index contributed by atoms with van der Waals surface area (Å²) >= 11 is 0. The van der Waals surface area contributed by atoms with Gasteiger partial charge in [0, 0.05) is 54.8 Å². The Bertz CT molecular complexity index is 1220. The van der Waals surface area contributed by atoms with Crippen molar-refractivity contribution in [1.82, 2.24) is 25.2 Å². The number of carbonyl (C=O) groups excluding carboxylic acids is 2. The third-order valence-electron chi connectivity index (χ3n) is 6.11. The van der Waals surface area contributed by atoms with Crippen molar-refractivity contribution < 1.29 is 9.59 Å². The van der Waals surface area contributed by atoms with Gasteiger partial charge in [-0.05, 0) is 77.4 Å². The number of aromatic nitrogens is 1. The monoisotopic (exact) mass is 491 g/mol. The molecular formula is C27H37N7O2. The van der Waals surface area contributed by atoms with E-state index in [0.29, 0.717) is 25.9 Å². The van der Waals surface area contributed by atoms with Crippen molar-refractivity contribution in [2.45, 2.75) is 26.7 Å². The maximum absolute atomic E-state index is 12.0. The van der Waals surface area contributed by atoms with Crippen molar-refractivity contribution in [2.24, 2.45) is 17.3 Å². The van der Waals surface area contributed by atoms with Crippen LogP contribution in [0.2, 0.25) is 0 Å². The van der Waals surface area contributed by atoms with Crippen LogP contribution in [0.25, 0.3) is 21.8 Å². The zero-order chi connectivity index (χ0) is 26.4. The van der Waals surface area contributed by atoms with Gasteiger partial charge in [0.15, 0.2) is 0 Å². The van der Waals surface area contributed by atoms with Gasteiger partial charge in [-0.1, -0.05) is 12.1 Å². The Morgan fingerprint density at radius 1 is 0.750 bits per heavy atom. The highest BCUT2D eigenvalue weighted by Crippen LogP contribution is 2.30. The van der Waals surface area contributed by atoms with Crippen LogP contribution in [0, 0.1) is 0 Å². The van der Waals surface area contributed by atoms with Gasteiger partial charge in [0.05, 0.1) is 11.4 Å². The Balaban J connectivity index is 1.86. The van der Waals surface area contributed by atoms with E-state index in [1.165, 1.54) is 0 Å². The molecule has 0 saturated carbocycles. The lowest BCUT2D eigenvalue weighted by Crippen LogP contribution is -2.24. The lowest BCUT2D eigenvalue weighted by molar-refractivity contribution is -0.122. The largest absolute Gasteiger partial charge is 0.344 e. The second-order valence-electron chi connectivity index (χ2n) is 9.59. The summed E-state index contributed by atoms with van der Waals surface area (Å²) in [6.07, 6.45) is 0.790. The number of nitrogens with zero attached hydrogens (tertiary/aromatic N) is 5. The number of hydrogen-bond acceptors (Lipinski definition) is 6. The molecule has 0 aliphatic rings. The van der Waals surface area contributed by atoms with Crippen LogP contribution in [-0.4, -0.2) is 78.9 Å². The van der Waals surface area contributed by atoms with Gasteiger partial charge >= 0.3 is 0 Å². The molecule has 0 aliphatic heterocycles. The van der Waals surface area contributed by atoms with Crippen LogP contribution >= 0.6 is 0 Å². The smallest absolute Gasteiger partial charge is 0.241 e. The van der Waals surface area contributed by atoms with Crippen LogP contribution in [0.15, 0.2) is 46.6 Å². The number of hydrazone groups is 2. The van der Waals surface area contributed by atoms with Crippen LogP contribution in [-0.2, 0) is 16.6 Å². The molecule has 0 spiro atoms. The first-order valence-electron chi connectivity index (χ1n) is 12.1. The second-order valence-corrected chi connectivity index (χ2v) is 9.59. The second kappa shape index (κ2) is 11.9. The molecule has 0 saturated heterocycles. The van der Waals surface area contributed by atoms with Crippen LogP contribution in [0.4, 0.5) is 0 Å². The Morgan fingerprint density at radius 3 is 1.50 bits per heavy atom. The molecule has 2 amide bonds. The van der Waals surface area contributed by atoms with Gasteiger partial charge in [-0.2, -0.15) is 10.2 Å². The fourth-order valence-electron chi connectivity index (χ4n) is 3.85. The number of carbonyl (C=O) groups is 2. The predicted octanol–water partition coefficient (Wildman–Crippen LogP) is 2.92. The molecule has 0 bridgehead atoms. The molecule has 0 aliphatic carbocycles. The highest BCUT2D eigenvalue weighted by atomic mass is 16.2. The van der Waals surface area contributed by atoms with E-state index in [-0.39, 0.29) is 11.8 Å². The molecule has 9 nitrogen and oxygen atoms in total. The lowest BCUT2D eigenvalue weighted by Gasteiger charge is -2.08. The van der Waals surface area contributed by atoms with Gasteiger partial charge < -0.3 is 14.4 Å². The zero-order valence-electron chi connectivity index (χ0n) is 22.3. The molecule has 0 unspecified atom stereocenters. The Hall–Kier alpha value is -3.56. The third-order valence-corrected chi connectivity index (χ3v) is 6.11. The topological polar surface area (TPSA) is 94.3 Å². The Kier molecular flexibility index (Phi) is 8.95. The van der Waals surface area contributed by atoms with Gasteiger partial charge in [0.1, 0.15) is 0 Å². The third kappa shape index (κ3) is 6.77. The summed E-state index contributed by atoms with van der Waals surface area (Å²) in [4.78, 5) is 28.0. The minimum Gasteiger partial charge on any atom is -0.344 e. The molecule has 1 heterocycles. The SMILES string of the molecule is CC(=NNC(=O)CCN(C)C)c1ccc2c(c1)c1cc(C(C)=NNC(=O)CCN(C)C)ccc1n2C. The number of hydrogen-bond donors (Lipinski definition) is 2. The van der Waals surface area contributed by atoms with Crippen molar-refractivity contribution in [1.29, 1.82) is 0 Å². The van der Waals surface area contributed by atoms with Crippen molar-refractivity contribution in [3.05, 3.63) is 47.5 Å². The van der Waals surface area contributed by atoms with Crippen molar-refractivity contribution >= 4 is 45.0 Å². The average molecular weight is 492 g/mol. The Labute approximate surface area is 212 Å². The van der Waals surface area contributed by atoms with Gasteiger partial charge in [0.25, 0.3) is 0 Å². The molecule has 2 N–H and O–H groups in total. The van der Waals surface area contributed by atoms with Gasteiger partial charge in [-0.3, -0.25) is 9.59 Å². The lowest BCUT2D eigenvalue weighted by atomic mass is 10.0. The fraction of sp³-hybridized carbons (Fsp3) is 0.407. The van der Waals surface area contributed by atoms with E-state index >= 15 is 0 Å². The van der Waals surface area contributed by atoms with E-state index in [0.717, 1.165) is 44.4 Å². The molecule has 3 aromatic rings. The van der Waals surface area contributed by atoms with E-state index in [1.54, 1.807) is 0 Å². The summed E-state index contributed by atoms with van der Waals surface area (Å²) in [5.74, 6) is -0.218. The van der Waals surface area contributed by atoms with Crippen LogP contribution in [0.1, 0.15) is 37.8 Å². The number of aryl methyl sites for hydroxylation is 1. The number of fused-ring (bicyclic) bond motifs is 3.